The van der Waals surface area contributed by atoms with Gasteiger partial charge in [-0.2, -0.15) is 0 Å². The van der Waals surface area contributed by atoms with E-state index in [1.165, 1.54) is 0 Å². The molecule has 2 atom stereocenters. The Balaban J connectivity index is 3.52. The Hall–Kier alpha value is -0.180. The summed E-state index contributed by atoms with van der Waals surface area (Å²) in [6.07, 6.45) is 0. The number of hydrogen-bond acceptors (Lipinski definition) is 2. The maximum Gasteiger partial charge on any atom is 0.288 e. The van der Waals surface area contributed by atoms with Crippen molar-refractivity contribution < 1.29 is 15.0 Å². The van der Waals surface area contributed by atoms with E-state index < -0.39 is 18.6 Å². The Kier molecular flexibility index (Phi) is 3.69. The van der Waals surface area contributed by atoms with Crippen molar-refractivity contribution in [1.82, 2.24) is 0 Å². The zero-order chi connectivity index (χ0) is 6.57. The Morgan fingerprint density at radius 2 is 2.38 bits per heavy atom. The van der Waals surface area contributed by atoms with Gasteiger partial charge in [-0.05, 0) is 6.04 Å². The summed E-state index contributed by atoms with van der Waals surface area (Å²) in [5.41, 5.74) is 0. The third-order valence-electron chi connectivity index (χ3n) is 0.638. The quantitative estimate of drug-likeness (QED) is 0.518. The van der Waals surface area contributed by atoms with Gasteiger partial charge in [0.15, 0.2) is 0 Å². The largest absolute Gasteiger partial charge is 0.628 e. The fraction of sp³-hybridized carbons (Fsp3) is 0.667. The highest BCUT2D eigenvalue weighted by Crippen LogP contribution is 2.05. The van der Waals surface area contributed by atoms with Gasteiger partial charge in [-0.15, -0.1) is 0 Å². The number of carboxylic acid groups (broad SMARTS) is 1. The van der Waals surface area contributed by atoms with E-state index in [1.807, 2.05) is 9.39 Å². The van der Waals surface area contributed by atoms with Crippen molar-refractivity contribution in [1.29, 1.82) is 0 Å². The van der Waals surface area contributed by atoms with Crippen LogP contribution in [0.5, 0.6) is 0 Å². The van der Waals surface area contributed by atoms with Crippen LogP contribution in [0.15, 0.2) is 0 Å². The molecule has 0 rings (SSSR count). The first-order chi connectivity index (χ1) is 3.72. The maximum atomic E-state index is 9.89. The van der Waals surface area contributed by atoms with E-state index in [1.54, 1.807) is 0 Å². The summed E-state index contributed by atoms with van der Waals surface area (Å²) < 4.78 is 0. The van der Waals surface area contributed by atoms with Gasteiger partial charge in [0, 0.05) is 6.61 Å². The molecule has 4 nitrogen and oxygen atoms in total. The molecular weight excluding hydrogens is 129 g/mol. The van der Waals surface area contributed by atoms with Crippen LogP contribution in [0.25, 0.3) is 5.09 Å². The molecule has 0 aromatic heterocycles. The second-order valence-corrected chi connectivity index (χ2v) is 1.48. The fourth-order valence-corrected chi connectivity index (χ4v) is 0.411. The Morgan fingerprint density at radius 3 is 2.38 bits per heavy atom. The molecule has 0 aliphatic carbocycles. The summed E-state index contributed by atoms with van der Waals surface area (Å²) in [7, 11) is 1.89. The van der Waals surface area contributed by atoms with Gasteiger partial charge in [-0.25, -0.2) is 0 Å². The van der Waals surface area contributed by atoms with Gasteiger partial charge in [0.1, 0.15) is 0 Å². The van der Waals surface area contributed by atoms with E-state index in [2.05, 4.69) is 5.09 Å². The lowest BCUT2D eigenvalue weighted by atomic mass is 10.3. The molecule has 0 aromatic rings. The summed E-state index contributed by atoms with van der Waals surface area (Å²) in [5.74, 6) is -1.11. The molecule has 2 N–H and O–H groups in total. The van der Waals surface area contributed by atoms with Gasteiger partial charge >= 0.3 is 0 Å². The number of carboxylic acids is 1. The molecule has 0 spiro atoms. The SMILES string of the molecule is O=C(O)[C@H](CO)[N-]P. The highest BCUT2D eigenvalue weighted by Gasteiger charge is 2.01. The average Bonchev–Trinajstić information content (AvgIpc) is 1.69. The number of carbonyl (C=O) groups is 1. The minimum absolute atomic E-state index is 0.446. The number of hydrogen-bond donors (Lipinski definition) is 2. The number of aliphatic hydroxyl groups excluding tert-OH is 1. The standard InChI is InChI=1S/C3H7NO3P/c5-1-2(4-8)3(6)7/h2,5H,1,8H2,(H,6,7)/q-1/t2-/m0/s1. The molecule has 0 bridgehead atoms. The van der Waals surface area contributed by atoms with Gasteiger partial charge in [-0.1, -0.05) is 0 Å². The molecule has 0 heterocycles. The van der Waals surface area contributed by atoms with E-state index in [4.69, 9.17) is 10.2 Å². The molecule has 0 saturated carbocycles. The Bertz CT molecular complexity index is 82.6. The highest BCUT2D eigenvalue weighted by atomic mass is 31.0. The topological polar surface area (TPSA) is 71.6 Å². The van der Waals surface area contributed by atoms with Crippen LogP contribution in [0, 0.1) is 0 Å². The molecular formula is C3H7NO3P-. The summed E-state index contributed by atoms with van der Waals surface area (Å²) in [6, 6.07) is -0.986. The molecule has 0 saturated heterocycles. The van der Waals surface area contributed by atoms with Gasteiger partial charge in [-0.3, -0.25) is 14.2 Å². The lowest BCUT2D eigenvalue weighted by Crippen LogP contribution is -2.20. The number of aliphatic carboxylic acids is 1. The lowest BCUT2D eigenvalue weighted by Gasteiger charge is -2.18. The molecule has 0 radical (unpaired) electrons. The van der Waals surface area contributed by atoms with Crippen LogP contribution in [0.2, 0.25) is 0 Å². The fourth-order valence-electron chi connectivity index (χ4n) is 0.189. The smallest absolute Gasteiger partial charge is 0.288 e. The van der Waals surface area contributed by atoms with Gasteiger partial charge in [0.05, 0.1) is 0 Å². The van der Waals surface area contributed by atoms with Crippen LogP contribution in [-0.2, 0) is 4.79 Å². The molecule has 5 heteroatoms. The van der Waals surface area contributed by atoms with E-state index in [0.29, 0.717) is 0 Å². The van der Waals surface area contributed by atoms with Crippen LogP contribution in [0.3, 0.4) is 0 Å². The van der Waals surface area contributed by atoms with Crippen molar-refractivity contribution in [3.63, 3.8) is 0 Å². The van der Waals surface area contributed by atoms with Gasteiger partial charge in [0.2, 0.25) is 0 Å². The molecule has 0 aliphatic rings. The monoisotopic (exact) mass is 136 g/mol. The van der Waals surface area contributed by atoms with E-state index >= 15 is 0 Å². The normalized spacial score (nSPS) is 13.2. The van der Waals surface area contributed by atoms with Crippen LogP contribution in [-0.4, -0.2) is 28.8 Å². The van der Waals surface area contributed by atoms with Gasteiger partial charge < -0.3 is 15.3 Å². The van der Waals surface area contributed by atoms with Crippen molar-refractivity contribution in [3.8, 4) is 0 Å². The summed E-state index contributed by atoms with van der Waals surface area (Å²) in [5, 5.41) is 19.6. The highest BCUT2D eigenvalue weighted by molar-refractivity contribution is 7.20. The molecule has 1 unspecified atom stereocenters. The lowest BCUT2D eigenvalue weighted by molar-refractivity contribution is -0.138. The first kappa shape index (κ1) is 7.82. The van der Waals surface area contributed by atoms with Crippen LogP contribution in [0.4, 0.5) is 0 Å². The summed E-state index contributed by atoms with van der Waals surface area (Å²) in [6.45, 7) is -0.446. The van der Waals surface area contributed by atoms with Gasteiger partial charge in [0.25, 0.3) is 5.97 Å². The van der Waals surface area contributed by atoms with E-state index in [9.17, 15) is 4.79 Å². The average molecular weight is 136 g/mol. The molecule has 0 aliphatic heterocycles. The van der Waals surface area contributed by atoms with Crippen LogP contribution >= 0.6 is 9.39 Å². The first-order valence-corrected chi connectivity index (χ1v) is 2.47. The molecule has 48 valence electrons. The summed E-state index contributed by atoms with van der Waals surface area (Å²) >= 11 is 0. The molecule has 0 fully saturated rings. The van der Waals surface area contributed by atoms with E-state index in [0.717, 1.165) is 0 Å². The number of rotatable bonds is 3. The van der Waals surface area contributed by atoms with Crippen LogP contribution in [0.1, 0.15) is 0 Å². The molecule has 8 heavy (non-hydrogen) atoms. The second kappa shape index (κ2) is 3.78. The Morgan fingerprint density at radius 1 is 1.88 bits per heavy atom. The second-order valence-electron chi connectivity index (χ2n) is 1.19. The number of aliphatic hydroxyl groups is 1. The Labute approximate surface area is 49.2 Å². The predicted molar refractivity (Wildman–Crippen MR) is 31.6 cm³/mol. The zero-order valence-electron chi connectivity index (χ0n) is 4.11. The van der Waals surface area contributed by atoms with Crippen molar-refractivity contribution in [2.45, 2.75) is 6.04 Å². The minimum atomic E-state index is -1.11. The molecule has 0 aromatic carbocycles. The van der Waals surface area contributed by atoms with Crippen molar-refractivity contribution in [2.75, 3.05) is 6.61 Å². The summed E-state index contributed by atoms with van der Waals surface area (Å²) in [4.78, 5) is 9.89. The predicted octanol–water partition coefficient (Wildman–Crippen LogP) is -0.404. The van der Waals surface area contributed by atoms with Crippen molar-refractivity contribution in [2.24, 2.45) is 0 Å². The third kappa shape index (κ3) is 2.21. The maximum absolute atomic E-state index is 9.89. The molecule has 0 amide bonds. The van der Waals surface area contributed by atoms with Crippen molar-refractivity contribution >= 4 is 15.4 Å². The third-order valence-corrected chi connectivity index (χ3v) is 0.998. The minimum Gasteiger partial charge on any atom is -0.628 e. The van der Waals surface area contributed by atoms with Crippen molar-refractivity contribution in [3.05, 3.63) is 5.09 Å². The van der Waals surface area contributed by atoms with Crippen LogP contribution < -0.4 is 0 Å². The van der Waals surface area contributed by atoms with E-state index in [-0.39, 0.29) is 0 Å². The zero-order valence-corrected chi connectivity index (χ0v) is 5.27. The first-order valence-electron chi connectivity index (χ1n) is 1.96. The number of nitrogens with zero attached hydrogens (tertiary/aromatic N) is 1.